The number of benzene rings is 4. The third kappa shape index (κ3) is 34.3. The van der Waals surface area contributed by atoms with Gasteiger partial charge in [-0.15, -0.1) is 23.2 Å². The van der Waals surface area contributed by atoms with E-state index in [9.17, 15) is 28.8 Å². The molecule has 5 N–H and O–H groups in total. The molecule has 4 aromatic carbocycles. The molecule has 4 aromatic heterocycles. The number of aromatic carboxylic acids is 1. The molecule has 0 amide bonds. The molecule has 0 saturated carbocycles. The van der Waals surface area contributed by atoms with Gasteiger partial charge in [-0.2, -0.15) is 0 Å². The number of aromatic amines is 4. The first kappa shape index (κ1) is 79.9. The summed E-state index contributed by atoms with van der Waals surface area (Å²) in [6.45, 7) is 6.34. The molecule has 0 aliphatic carbocycles. The van der Waals surface area contributed by atoms with E-state index in [-0.39, 0.29) is 53.9 Å². The van der Waals surface area contributed by atoms with Gasteiger partial charge in [-0.1, -0.05) is 92.8 Å². The topological polar surface area (TPSA) is 213 Å². The number of hydrogen-bond donors (Lipinski definition) is 5. The number of ketones is 1. The number of carbonyl (C=O) groups excluding carboxylic acids is 5. The molecule has 0 bridgehead atoms. The summed E-state index contributed by atoms with van der Waals surface area (Å²) in [5.74, 6) is -2.20. The highest BCUT2D eigenvalue weighted by atomic mass is 35.8. The Labute approximate surface area is 580 Å². The lowest BCUT2D eigenvalue weighted by molar-refractivity contribution is -0.111. The Morgan fingerprint density at radius 1 is 0.432 bits per heavy atom. The first-order valence-electron chi connectivity index (χ1n) is 25.7. The molecule has 0 aliphatic rings. The Bertz CT molecular complexity index is 3380. The van der Waals surface area contributed by atoms with Crippen molar-refractivity contribution in [3.8, 4) is 0 Å². The fraction of sp³-hybridized carbons (Fsp3) is 0.220. The number of nitrogens with one attached hydrogen (secondary N) is 4. The van der Waals surface area contributed by atoms with Crippen LogP contribution in [0.5, 0.6) is 0 Å². The minimum Gasteiger partial charge on any atom is -0.477 e. The number of H-pyrrole nitrogens is 4. The average Bonchev–Trinajstić information content (AvgIpc) is 3.75. The lowest BCUT2D eigenvalue weighted by Crippen LogP contribution is -2.05. The predicted octanol–water partition coefficient (Wildman–Crippen LogP) is 19.6. The van der Waals surface area contributed by atoms with Gasteiger partial charge >= 0.3 is 35.3 Å². The van der Waals surface area contributed by atoms with Crippen LogP contribution in [0.2, 0.25) is 40.2 Å². The number of carboxylic acids is 1. The highest BCUT2D eigenvalue weighted by molar-refractivity contribution is 7.54. The minimum absolute atomic E-state index is 0.139. The first-order valence-corrected chi connectivity index (χ1v) is 35.4. The molecule has 29 heteroatoms. The second kappa shape index (κ2) is 44.3. The molecule has 4 heterocycles. The molecule has 0 spiro atoms. The number of carbonyl (C=O) groups is 6. The summed E-state index contributed by atoms with van der Waals surface area (Å²) >= 11 is 59.9. The number of hydrogen-bond acceptors (Lipinski definition) is 9. The quantitative estimate of drug-likeness (QED) is 0.0137. The third-order valence-electron chi connectivity index (χ3n) is 10.6. The molecule has 8 aromatic rings. The zero-order chi connectivity index (χ0) is 65.9. The number of alkyl halides is 2. The van der Waals surface area contributed by atoms with E-state index in [0.717, 1.165) is 59.1 Å². The Kier molecular flexibility index (Phi) is 40.3. The molecule has 0 radical (unpaired) electrons. The average molecular weight is 1500 g/mol. The zero-order valence-corrected chi connectivity index (χ0v) is 58.4. The van der Waals surface area contributed by atoms with E-state index in [2.05, 4.69) is 19.9 Å². The molecule has 8 rings (SSSR count). The molecule has 0 saturated heterocycles. The van der Waals surface area contributed by atoms with Gasteiger partial charge in [0.25, 0.3) is 0 Å². The largest absolute Gasteiger partial charge is 0.643 e. The molecular formula is C59H55AlCl14N4O10. The van der Waals surface area contributed by atoms with Gasteiger partial charge in [-0.05, 0) is 195 Å². The molecule has 472 valence electrons. The highest BCUT2D eigenvalue weighted by Crippen LogP contribution is 2.24. The Hall–Kier alpha value is -4.19. The van der Waals surface area contributed by atoms with E-state index in [1.807, 2.05) is 36.5 Å². The van der Waals surface area contributed by atoms with Gasteiger partial charge in [0.05, 0.1) is 25.2 Å². The summed E-state index contributed by atoms with van der Waals surface area (Å²) in [5, 5.41) is 13.0. The van der Waals surface area contributed by atoms with Crippen LogP contribution in [0.15, 0.2) is 128 Å². The van der Waals surface area contributed by atoms with E-state index in [0.29, 0.717) is 70.3 Å². The maximum atomic E-state index is 12.2. The van der Waals surface area contributed by atoms with Crippen LogP contribution >= 0.6 is 158 Å². The zero-order valence-electron chi connectivity index (χ0n) is 46.7. The van der Waals surface area contributed by atoms with E-state index >= 15 is 0 Å². The Morgan fingerprint density at radius 2 is 0.750 bits per heavy atom. The monoisotopic (exact) mass is 1500 g/mol. The number of halogens is 14. The molecule has 0 unspecified atom stereocenters. The van der Waals surface area contributed by atoms with Gasteiger partial charge in [0.2, 0.25) is 5.24 Å². The number of ether oxygens (including phenoxy) is 3. The van der Waals surface area contributed by atoms with Crippen molar-refractivity contribution in [1.29, 1.82) is 0 Å². The molecule has 0 fully saturated rings. The Balaban J connectivity index is 0.000000372. The summed E-state index contributed by atoms with van der Waals surface area (Å²) in [5.41, 5.74) is 7.39. The molecule has 88 heavy (non-hydrogen) atoms. The maximum absolute atomic E-state index is 12.2. The first-order chi connectivity index (χ1) is 41.7. The lowest BCUT2D eigenvalue weighted by atomic mass is 10.1. The third-order valence-corrected chi connectivity index (χ3v) is 12.5. The summed E-state index contributed by atoms with van der Waals surface area (Å²) in [6.07, 6.45) is 10.1. The van der Waals surface area contributed by atoms with Crippen LogP contribution in [0.1, 0.15) is 106 Å². The van der Waals surface area contributed by atoms with Crippen molar-refractivity contribution in [3.63, 3.8) is 0 Å². The van der Waals surface area contributed by atoms with Crippen LogP contribution in [0.25, 0.3) is 0 Å². The van der Waals surface area contributed by atoms with Crippen molar-refractivity contribution in [2.45, 2.75) is 59.3 Å². The van der Waals surface area contributed by atoms with E-state index in [4.69, 9.17) is 177 Å². The number of Topliss-reactive ketones (excluding diaryl/α,β-unsaturated/α-hetero) is 1. The summed E-state index contributed by atoms with van der Waals surface area (Å²) in [7, 11) is 14.8. The molecule has 14 nitrogen and oxygen atoms in total. The maximum Gasteiger partial charge on any atom is 0.643 e. The van der Waals surface area contributed by atoms with Gasteiger partial charge in [0.15, 0.2) is 5.78 Å². The fourth-order valence-electron chi connectivity index (χ4n) is 7.13. The van der Waals surface area contributed by atoms with Crippen LogP contribution in [-0.4, -0.2) is 96.5 Å². The Morgan fingerprint density at radius 3 is 1.09 bits per heavy atom. The van der Waals surface area contributed by atoms with Crippen molar-refractivity contribution in [2.75, 3.05) is 25.2 Å². The van der Waals surface area contributed by atoms with Crippen molar-refractivity contribution in [1.82, 2.24) is 19.9 Å². The predicted molar refractivity (Wildman–Crippen MR) is 361 cm³/mol. The normalized spacial score (nSPS) is 9.97. The van der Waals surface area contributed by atoms with Crippen molar-refractivity contribution in [3.05, 3.63) is 230 Å². The number of aromatic nitrogens is 4. The number of esters is 3. The summed E-state index contributed by atoms with van der Waals surface area (Å²) in [6, 6.07) is 29.2. The van der Waals surface area contributed by atoms with Gasteiger partial charge < -0.3 is 39.3 Å². The van der Waals surface area contributed by atoms with Crippen molar-refractivity contribution in [2.24, 2.45) is 0 Å². The summed E-state index contributed by atoms with van der Waals surface area (Å²) in [4.78, 5) is 78.4. The second-order valence-electron chi connectivity index (χ2n) is 17.3. The van der Waals surface area contributed by atoms with Gasteiger partial charge in [-0.25, -0.2) is 49.3 Å². The lowest BCUT2D eigenvalue weighted by Gasteiger charge is -2.02. The van der Waals surface area contributed by atoms with E-state index in [1.165, 1.54) is 12.3 Å². The number of rotatable bonds is 18. The van der Waals surface area contributed by atoms with Crippen molar-refractivity contribution >= 4 is 204 Å². The SMILES string of the molecule is CCOC(=O)c1cc(C(=O)Cc2cc(Cl)cc(Cl)c2)c[nH]1.CCOC(=O)c1cc(CCc2cc(Cl)cc(Cl)c2)c[nH]1.CCOC(=O)c1ccc[nH]1.ClCCl.O=C(Cl)Cc1cc(Cl)cc(Cl)c1.O=C(O)c1cc(CCc2cc(Cl)cc(Cl)c2)c[nH]1.[Cl][Al]([Cl])[Cl]. The minimum atomic E-state index is -1.72. The van der Waals surface area contributed by atoms with Gasteiger partial charge in [-0.3, -0.25) is 9.59 Å². The fourth-order valence-corrected chi connectivity index (χ4v) is 9.57. The van der Waals surface area contributed by atoms with E-state index < -0.39 is 28.6 Å². The van der Waals surface area contributed by atoms with E-state index in [1.54, 1.807) is 99.9 Å². The molecule has 0 atom stereocenters. The molecular weight excluding hydrogens is 1450 g/mol. The molecule has 0 aliphatic heterocycles. The number of carboxylic acid groups (broad SMARTS) is 1. The summed E-state index contributed by atoms with van der Waals surface area (Å²) < 4.78 is 14.5. The van der Waals surface area contributed by atoms with Crippen LogP contribution in [0, 0.1) is 0 Å². The van der Waals surface area contributed by atoms with Crippen LogP contribution in [-0.2, 0) is 57.5 Å². The van der Waals surface area contributed by atoms with Crippen LogP contribution in [0.3, 0.4) is 0 Å². The van der Waals surface area contributed by atoms with Gasteiger partial charge in [0.1, 0.15) is 22.8 Å². The van der Waals surface area contributed by atoms with Gasteiger partial charge in [0, 0.05) is 83.4 Å². The second-order valence-corrected chi connectivity index (χ2v) is 28.4. The van der Waals surface area contributed by atoms with Crippen LogP contribution in [0.4, 0.5) is 0 Å². The van der Waals surface area contributed by atoms with Crippen LogP contribution < -0.4 is 0 Å². The van der Waals surface area contributed by atoms with Crippen molar-refractivity contribution < 1.29 is 48.1 Å². The number of aryl methyl sites for hydroxylation is 4. The highest BCUT2D eigenvalue weighted by Gasteiger charge is 2.16. The smallest absolute Gasteiger partial charge is 0.477 e. The standard InChI is InChI=1S/C15H13Cl2NO3.C15H15Cl2NO2.C13H11Cl2NO2.C8H5Cl3O.C7H9NO2.CH2Cl2.Al.3ClH/c1-2-21-15(20)13-6-10(8-18-13)14(19)5-9-3-11(16)7-12(17)4-9;1-2-20-15(19)14-7-11(9-18-14)4-3-10-5-12(16)8-13(17)6-10;14-10-3-8(4-11(15)6-10)1-2-9-5-12(13(17)18)16-7-9;9-6-1-5(3-8(11)12)2-7(10)4-6;1-2-10-7(9)6-4-3-5-8-6;2-1-3;;;;/h3-4,6-8,18H,2,5H2,1H3;5-9,18H,2-4H2,1H3;3-7,16H,1-2H2,(H,17,18);1-2,4H,3H2;3-5,8H,2H2,1H3;1H2;;3*1H/q;;;;;;+3;;;/p-3.